The normalized spacial score (nSPS) is 21.7. The number of fused-ring (bicyclic) bond motifs is 2. The molecule has 1 atom stereocenters. The Morgan fingerprint density at radius 2 is 2.04 bits per heavy atom. The summed E-state index contributed by atoms with van der Waals surface area (Å²) >= 11 is 3.44. The Morgan fingerprint density at radius 1 is 1.23 bits per heavy atom. The van der Waals surface area contributed by atoms with E-state index >= 15 is 0 Å². The zero-order chi connectivity index (χ0) is 18.3. The van der Waals surface area contributed by atoms with Gasteiger partial charge in [0.25, 0.3) is 5.91 Å². The van der Waals surface area contributed by atoms with Gasteiger partial charge in [-0.05, 0) is 48.6 Å². The van der Waals surface area contributed by atoms with Gasteiger partial charge in [-0.2, -0.15) is 0 Å². The predicted molar refractivity (Wildman–Crippen MR) is 101 cm³/mol. The number of nitrogens with zero attached hydrogens (tertiary/aromatic N) is 1. The van der Waals surface area contributed by atoms with E-state index in [9.17, 15) is 9.59 Å². The minimum Gasteiger partial charge on any atom is -0.496 e. The molecule has 1 saturated heterocycles. The summed E-state index contributed by atoms with van der Waals surface area (Å²) in [7, 11) is 1.58. The Hall–Kier alpha value is -2.34. The SMILES string of the molecule is COc1ccc(Br)cc1CN1C(=O)N[C@]2(CCCc3ccccc32)C1=O. The molecule has 1 aliphatic heterocycles. The first-order valence-electron chi connectivity index (χ1n) is 8.60. The second-order valence-corrected chi connectivity index (χ2v) is 7.61. The minimum absolute atomic E-state index is 0.178. The number of rotatable bonds is 3. The Balaban J connectivity index is 1.71. The van der Waals surface area contributed by atoms with Crippen LogP contribution in [0.25, 0.3) is 0 Å². The number of benzene rings is 2. The van der Waals surface area contributed by atoms with Gasteiger partial charge in [-0.3, -0.25) is 9.69 Å². The fourth-order valence-electron chi connectivity index (χ4n) is 4.00. The van der Waals surface area contributed by atoms with E-state index in [1.165, 1.54) is 4.90 Å². The van der Waals surface area contributed by atoms with Crippen LogP contribution in [0.2, 0.25) is 0 Å². The smallest absolute Gasteiger partial charge is 0.325 e. The van der Waals surface area contributed by atoms with Crippen molar-refractivity contribution in [3.63, 3.8) is 0 Å². The van der Waals surface area contributed by atoms with E-state index < -0.39 is 5.54 Å². The van der Waals surface area contributed by atoms with Crippen LogP contribution in [0.4, 0.5) is 4.79 Å². The molecule has 1 spiro atoms. The number of hydrogen-bond donors (Lipinski definition) is 1. The number of halogens is 1. The fourth-order valence-corrected chi connectivity index (χ4v) is 4.40. The maximum Gasteiger partial charge on any atom is 0.325 e. The molecule has 1 N–H and O–H groups in total. The number of aryl methyl sites for hydroxylation is 1. The highest BCUT2D eigenvalue weighted by molar-refractivity contribution is 9.10. The maximum absolute atomic E-state index is 13.3. The molecular weight excluding hydrogens is 396 g/mol. The quantitative estimate of drug-likeness (QED) is 0.778. The van der Waals surface area contributed by atoms with E-state index in [-0.39, 0.29) is 18.5 Å². The first-order chi connectivity index (χ1) is 12.5. The lowest BCUT2D eigenvalue weighted by molar-refractivity contribution is -0.132. The number of ether oxygens (including phenoxy) is 1. The van der Waals surface area contributed by atoms with Gasteiger partial charge >= 0.3 is 6.03 Å². The highest BCUT2D eigenvalue weighted by atomic mass is 79.9. The molecule has 2 aromatic carbocycles. The van der Waals surface area contributed by atoms with Crippen molar-refractivity contribution in [2.45, 2.75) is 31.3 Å². The average Bonchev–Trinajstić information content (AvgIpc) is 2.87. The van der Waals surface area contributed by atoms with Crippen molar-refractivity contribution in [3.05, 3.63) is 63.6 Å². The number of nitrogens with one attached hydrogen (secondary N) is 1. The van der Waals surface area contributed by atoms with Crippen molar-refractivity contribution in [2.75, 3.05) is 7.11 Å². The second-order valence-electron chi connectivity index (χ2n) is 6.69. The molecule has 4 rings (SSSR count). The number of methoxy groups -OCH3 is 1. The Labute approximate surface area is 160 Å². The molecule has 0 bridgehead atoms. The third-order valence-electron chi connectivity index (χ3n) is 5.22. The summed E-state index contributed by atoms with van der Waals surface area (Å²) in [5.74, 6) is 0.468. The molecule has 2 aliphatic rings. The molecule has 0 aromatic heterocycles. The average molecular weight is 415 g/mol. The van der Waals surface area contributed by atoms with Gasteiger partial charge in [0.05, 0.1) is 13.7 Å². The number of imide groups is 1. The van der Waals surface area contributed by atoms with Crippen LogP contribution in [0.3, 0.4) is 0 Å². The zero-order valence-corrected chi connectivity index (χ0v) is 16.0. The van der Waals surface area contributed by atoms with Gasteiger partial charge in [-0.1, -0.05) is 40.2 Å². The summed E-state index contributed by atoms with van der Waals surface area (Å²) in [6, 6.07) is 13.1. The lowest BCUT2D eigenvalue weighted by Gasteiger charge is -2.33. The third-order valence-corrected chi connectivity index (χ3v) is 5.71. The highest BCUT2D eigenvalue weighted by Gasteiger charge is 2.53. The Bertz CT molecular complexity index is 898. The molecule has 1 fully saturated rings. The lowest BCUT2D eigenvalue weighted by atomic mass is 9.76. The van der Waals surface area contributed by atoms with Crippen LogP contribution in [0.5, 0.6) is 5.75 Å². The van der Waals surface area contributed by atoms with Gasteiger partial charge in [0, 0.05) is 10.0 Å². The first-order valence-corrected chi connectivity index (χ1v) is 9.39. The highest BCUT2D eigenvalue weighted by Crippen LogP contribution is 2.40. The van der Waals surface area contributed by atoms with E-state index in [0.717, 1.165) is 34.0 Å². The number of carbonyl (C=O) groups is 2. The molecule has 134 valence electrons. The number of urea groups is 1. The van der Waals surface area contributed by atoms with E-state index in [2.05, 4.69) is 21.2 Å². The first kappa shape index (κ1) is 17.1. The summed E-state index contributed by atoms with van der Waals surface area (Å²) in [5, 5.41) is 2.98. The molecule has 2 aromatic rings. The van der Waals surface area contributed by atoms with Crippen LogP contribution in [0, 0.1) is 0 Å². The van der Waals surface area contributed by atoms with E-state index in [4.69, 9.17) is 4.74 Å². The molecule has 6 heteroatoms. The van der Waals surface area contributed by atoms with Crippen LogP contribution in [0.1, 0.15) is 29.5 Å². The minimum atomic E-state index is -0.939. The molecular formula is C20H19BrN2O3. The third kappa shape index (κ3) is 2.60. The van der Waals surface area contributed by atoms with Gasteiger partial charge in [-0.25, -0.2) is 4.79 Å². The van der Waals surface area contributed by atoms with E-state index in [0.29, 0.717) is 12.2 Å². The van der Waals surface area contributed by atoms with Gasteiger partial charge in [0.15, 0.2) is 0 Å². The van der Waals surface area contributed by atoms with Crippen molar-refractivity contribution in [1.29, 1.82) is 0 Å². The summed E-state index contributed by atoms with van der Waals surface area (Å²) in [5.41, 5.74) is 1.90. The van der Waals surface area contributed by atoms with Crippen LogP contribution >= 0.6 is 15.9 Å². The van der Waals surface area contributed by atoms with Crippen molar-refractivity contribution in [2.24, 2.45) is 0 Å². The van der Waals surface area contributed by atoms with Crippen molar-refractivity contribution >= 4 is 27.9 Å². The topological polar surface area (TPSA) is 58.6 Å². The van der Waals surface area contributed by atoms with Gasteiger partial charge < -0.3 is 10.1 Å². The molecule has 0 radical (unpaired) electrons. The molecule has 0 saturated carbocycles. The predicted octanol–water partition coefficient (Wildman–Crippen LogP) is 3.74. The van der Waals surface area contributed by atoms with E-state index in [1.807, 2.05) is 42.5 Å². The largest absolute Gasteiger partial charge is 0.496 e. The summed E-state index contributed by atoms with van der Waals surface area (Å²) < 4.78 is 6.26. The summed E-state index contributed by atoms with van der Waals surface area (Å²) in [6.45, 7) is 0.178. The molecule has 5 nitrogen and oxygen atoms in total. The number of carbonyl (C=O) groups excluding carboxylic acids is 2. The van der Waals surface area contributed by atoms with Gasteiger partial charge in [0.2, 0.25) is 0 Å². The van der Waals surface area contributed by atoms with Crippen LogP contribution in [0.15, 0.2) is 46.9 Å². The van der Waals surface area contributed by atoms with Crippen LogP contribution in [-0.2, 0) is 23.3 Å². The van der Waals surface area contributed by atoms with Crippen molar-refractivity contribution in [1.82, 2.24) is 10.2 Å². The number of amides is 3. The maximum atomic E-state index is 13.3. The number of hydrogen-bond acceptors (Lipinski definition) is 3. The molecule has 1 aliphatic carbocycles. The zero-order valence-electron chi connectivity index (χ0n) is 14.4. The molecule has 0 unspecified atom stereocenters. The summed E-state index contributed by atoms with van der Waals surface area (Å²) in [4.78, 5) is 27.3. The lowest BCUT2D eigenvalue weighted by Crippen LogP contribution is -2.46. The molecule has 1 heterocycles. The molecule has 26 heavy (non-hydrogen) atoms. The van der Waals surface area contributed by atoms with Gasteiger partial charge in [-0.15, -0.1) is 0 Å². The van der Waals surface area contributed by atoms with Crippen LogP contribution in [-0.4, -0.2) is 23.9 Å². The van der Waals surface area contributed by atoms with Crippen molar-refractivity contribution < 1.29 is 14.3 Å². The monoisotopic (exact) mass is 414 g/mol. The van der Waals surface area contributed by atoms with Crippen molar-refractivity contribution in [3.8, 4) is 5.75 Å². The Kier molecular flexibility index (Phi) is 4.23. The second kappa shape index (κ2) is 6.43. The summed E-state index contributed by atoms with van der Waals surface area (Å²) in [6.07, 6.45) is 2.43. The van der Waals surface area contributed by atoms with Gasteiger partial charge in [0.1, 0.15) is 11.3 Å². The molecule has 3 amide bonds. The Morgan fingerprint density at radius 3 is 2.85 bits per heavy atom. The van der Waals surface area contributed by atoms with E-state index in [1.54, 1.807) is 7.11 Å². The standard InChI is InChI=1S/C20H19BrN2O3/c1-26-17-9-8-15(21)11-14(17)12-23-18(24)20(22-19(23)25)10-4-6-13-5-2-3-7-16(13)20/h2-3,5,7-9,11H,4,6,10,12H2,1H3,(H,22,25)/t20-/m0/s1. The fraction of sp³-hybridized carbons (Fsp3) is 0.300. The van der Waals surface area contributed by atoms with Crippen LogP contribution < -0.4 is 10.1 Å².